The Balaban J connectivity index is 0.00000324. The number of nitrogens with zero attached hydrogens (tertiary/aromatic N) is 3. The second kappa shape index (κ2) is 12.2. The number of ether oxygens (including phenoxy) is 4. The summed E-state index contributed by atoms with van der Waals surface area (Å²) in [6, 6.07) is 10.8. The molecule has 2 aromatic carbocycles. The van der Waals surface area contributed by atoms with Gasteiger partial charge in [-0.2, -0.15) is 0 Å². The SMILES string of the molecule is COc1ccc(C(=O)N(CCCN2CCOCC2)c2nc3c(OC)ccc(OC)c3s2)cc1.Cl. The van der Waals surface area contributed by atoms with Crippen molar-refractivity contribution in [3.05, 3.63) is 42.0 Å². The highest BCUT2D eigenvalue weighted by molar-refractivity contribution is 7.22. The van der Waals surface area contributed by atoms with Crippen LogP contribution in [0.1, 0.15) is 16.8 Å². The van der Waals surface area contributed by atoms with Crippen LogP contribution in [0.15, 0.2) is 36.4 Å². The second-order valence-corrected chi connectivity index (χ2v) is 8.61. The van der Waals surface area contributed by atoms with E-state index in [1.165, 1.54) is 11.3 Å². The maximum absolute atomic E-state index is 13.6. The summed E-state index contributed by atoms with van der Waals surface area (Å²) in [5, 5.41) is 0.621. The summed E-state index contributed by atoms with van der Waals surface area (Å²) in [6.07, 6.45) is 0.825. The Bertz CT molecular complexity index is 1050. The van der Waals surface area contributed by atoms with Gasteiger partial charge in [-0.05, 0) is 42.8 Å². The number of amides is 1. The summed E-state index contributed by atoms with van der Waals surface area (Å²) in [4.78, 5) is 22.5. The van der Waals surface area contributed by atoms with Crippen LogP contribution in [0, 0.1) is 0 Å². The fourth-order valence-electron chi connectivity index (χ4n) is 3.84. The van der Waals surface area contributed by atoms with Crippen LogP contribution in [0.4, 0.5) is 5.13 Å². The van der Waals surface area contributed by atoms with Crippen LogP contribution in [-0.4, -0.2) is 76.5 Å². The molecular weight excluding hydrogens is 478 g/mol. The van der Waals surface area contributed by atoms with Crippen LogP contribution < -0.4 is 19.1 Å². The van der Waals surface area contributed by atoms with Gasteiger partial charge in [-0.1, -0.05) is 11.3 Å². The number of benzene rings is 2. The predicted molar refractivity (Wildman–Crippen MR) is 137 cm³/mol. The summed E-state index contributed by atoms with van der Waals surface area (Å²) in [5.74, 6) is 1.97. The molecule has 1 aromatic heterocycles. The van der Waals surface area contributed by atoms with Gasteiger partial charge in [0.1, 0.15) is 27.5 Å². The number of halogens is 1. The van der Waals surface area contributed by atoms with Crippen LogP contribution in [0.3, 0.4) is 0 Å². The number of rotatable bonds is 9. The van der Waals surface area contributed by atoms with Crippen LogP contribution in [-0.2, 0) is 4.74 Å². The fourth-order valence-corrected chi connectivity index (χ4v) is 4.94. The van der Waals surface area contributed by atoms with E-state index in [1.807, 2.05) is 12.1 Å². The van der Waals surface area contributed by atoms with E-state index in [0.717, 1.165) is 44.0 Å². The topological polar surface area (TPSA) is 73.4 Å². The van der Waals surface area contributed by atoms with Crippen molar-refractivity contribution in [2.45, 2.75) is 6.42 Å². The zero-order chi connectivity index (χ0) is 23.2. The van der Waals surface area contributed by atoms with Gasteiger partial charge >= 0.3 is 0 Å². The minimum Gasteiger partial charge on any atom is -0.497 e. The normalized spacial score (nSPS) is 13.9. The van der Waals surface area contributed by atoms with Gasteiger partial charge in [0.25, 0.3) is 5.91 Å². The molecule has 0 aliphatic carbocycles. The third kappa shape index (κ3) is 5.72. The molecule has 8 nitrogen and oxygen atoms in total. The van der Waals surface area contributed by atoms with Crippen molar-refractivity contribution in [1.29, 1.82) is 0 Å². The highest BCUT2D eigenvalue weighted by Gasteiger charge is 2.24. The van der Waals surface area contributed by atoms with E-state index in [2.05, 4.69) is 4.90 Å². The third-order valence-electron chi connectivity index (χ3n) is 5.67. The number of aromatic nitrogens is 1. The van der Waals surface area contributed by atoms with Crippen LogP contribution >= 0.6 is 23.7 Å². The van der Waals surface area contributed by atoms with Crippen LogP contribution in [0.2, 0.25) is 0 Å². The molecule has 184 valence electrons. The summed E-state index contributed by atoms with van der Waals surface area (Å²) < 4.78 is 22.6. The number of hydrogen-bond acceptors (Lipinski definition) is 8. The lowest BCUT2D eigenvalue weighted by atomic mass is 10.2. The number of morpholine rings is 1. The van der Waals surface area contributed by atoms with Crippen LogP contribution in [0.25, 0.3) is 10.2 Å². The maximum atomic E-state index is 13.6. The molecule has 0 atom stereocenters. The van der Waals surface area contributed by atoms with Gasteiger partial charge in [0, 0.05) is 31.7 Å². The minimum absolute atomic E-state index is 0. The van der Waals surface area contributed by atoms with E-state index in [-0.39, 0.29) is 18.3 Å². The Morgan fingerprint density at radius 1 is 1.03 bits per heavy atom. The summed E-state index contributed by atoms with van der Waals surface area (Å²) in [5.41, 5.74) is 1.28. The van der Waals surface area contributed by atoms with Crippen molar-refractivity contribution in [3.63, 3.8) is 0 Å². The first-order valence-electron chi connectivity index (χ1n) is 10.9. The summed E-state index contributed by atoms with van der Waals surface area (Å²) in [7, 11) is 4.85. The molecule has 1 aliphatic rings. The van der Waals surface area contributed by atoms with Crippen molar-refractivity contribution in [2.24, 2.45) is 0 Å². The van der Waals surface area contributed by atoms with Gasteiger partial charge in [-0.15, -0.1) is 12.4 Å². The van der Waals surface area contributed by atoms with Gasteiger partial charge in [0.05, 0.1) is 34.5 Å². The molecule has 4 rings (SSSR count). The quantitative estimate of drug-likeness (QED) is 0.431. The maximum Gasteiger partial charge on any atom is 0.260 e. The zero-order valence-electron chi connectivity index (χ0n) is 19.6. The molecule has 34 heavy (non-hydrogen) atoms. The van der Waals surface area contributed by atoms with Gasteiger partial charge in [0.15, 0.2) is 5.13 Å². The van der Waals surface area contributed by atoms with E-state index in [4.69, 9.17) is 23.9 Å². The Hall–Kier alpha value is -2.59. The Labute approximate surface area is 209 Å². The summed E-state index contributed by atoms with van der Waals surface area (Å²) in [6.45, 7) is 4.79. The number of anilines is 1. The van der Waals surface area contributed by atoms with Crippen molar-refractivity contribution in [3.8, 4) is 17.2 Å². The Morgan fingerprint density at radius 3 is 2.35 bits per heavy atom. The lowest BCUT2D eigenvalue weighted by Gasteiger charge is -2.27. The average molecular weight is 508 g/mol. The molecule has 0 N–H and O–H groups in total. The fraction of sp³-hybridized carbons (Fsp3) is 0.417. The molecule has 0 spiro atoms. The van der Waals surface area contributed by atoms with E-state index < -0.39 is 0 Å². The van der Waals surface area contributed by atoms with Gasteiger partial charge < -0.3 is 18.9 Å². The molecule has 1 amide bonds. The molecule has 3 aromatic rings. The number of carbonyl (C=O) groups excluding carboxylic acids is 1. The van der Waals surface area contributed by atoms with E-state index >= 15 is 0 Å². The first-order valence-corrected chi connectivity index (χ1v) is 11.7. The molecule has 0 unspecified atom stereocenters. The largest absolute Gasteiger partial charge is 0.497 e. The molecule has 2 heterocycles. The standard InChI is InChI=1S/C24H29N3O5S.ClH/c1-29-18-7-5-17(6-8-18)23(28)27(12-4-11-26-13-15-32-16-14-26)24-25-21-19(30-2)9-10-20(31-3)22(21)33-24;/h5-10H,4,11-16H2,1-3H3;1H. The van der Waals surface area contributed by atoms with Crippen molar-refractivity contribution >= 4 is 45.0 Å². The molecule has 0 bridgehead atoms. The number of hydrogen-bond donors (Lipinski definition) is 0. The first kappa shape index (κ1) is 26.0. The van der Waals surface area contributed by atoms with Crippen molar-refractivity contribution < 1.29 is 23.7 Å². The van der Waals surface area contributed by atoms with Crippen LogP contribution in [0.5, 0.6) is 17.2 Å². The lowest BCUT2D eigenvalue weighted by Crippen LogP contribution is -2.39. The van der Waals surface area contributed by atoms with E-state index in [1.54, 1.807) is 50.5 Å². The second-order valence-electron chi connectivity index (χ2n) is 7.64. The van der Waals surface area contributed by atoms with E-state index in [9.17, 15) is 4.79 Å². The smallest absolute Gasteiger partial charge is 0.260 e. The molecule has 1 fully saturated rings. The van der Waals surface area contributed by atoms with Gasteiger partial charge in [-0.3, -0.25) is 14.6 Å². The highest BCUT2D eigenvalue weighted by atomic mass is 35.5. The first-order chi connectivity index (χ1) is 16.1. The average Bonchev–Trinajstić information content (AvgIpc) is 3.31. The van der Waals surface area contributed by atoms with Gasteiger partial charge in [0.2, 0.25) is 0 Å². The monoisotopic (exact) mass is 507 g/mol. The molecule has 1 aliphatic heterocycles. The minimum atomic E-state index is -0.100. The number of thiazole rings is 1. The number of carbonyl (C=O) groups is 1. The number of methoxy groups -OCH3 is 3. The molecule has 0 radical (unpaired) electrons. The highest BCUT2D eigenvalue weighted by Crippen LogP contribution is 2.40. The molecule has 0 saturated carbocycles. The third-order valence-corrected chi connectivity index (χ3v) is 6.76. The van der Waals surface area contributed by atoms with Crippen molar-refractivity contribution in [1.82, 2.24) is 9.88 Å². The predicted octanol–water partition coefficient (Wildman–Crippen LogP) is 4.11. The Morgan fingerprint density at radius 2 is 1.71 bits per heavy atom. The Kier molecular flexibility index (Phi) is 9.35. The molecule has 10 heteroatoms. The molecular formula is C24H30ClN3O5S. The lowest BCUT2D eigenvalue weighted by molar-refractivity contribution is 0.0376. The van der Waals surface area contributed by atoms with Gasteiger partial charge in [-0.25, -0.2) is 4.98 Å². The molecule has 1 saturated heterocycles. The zero-order valence-corrected chi connectivity index (χ0v) is 21.2. The van der Waals surface area contributed by atoms with Crippen molar-refractivity contribution in [2.75, 3.05) is 65.6 Å². The number of fused-ring (bicyclic) bond motifs is 1. The van der Waals surface area contributed by atoms with E-state index in [0.29, 0.717) is 40.0 Å². The summed E-state index contributed by atoms with van der Waals surface area (Å²) >= 11 is 1.43.